The molecule has 2 aromatic heterocycles. The molecule has 2 aromatic rings. The molecule has 112 valence electrons. The largest absolute Gasteiger partial charge is 0.355 e. The van der Waals surface area contributed by atoms with Gasteiger partial charge in [0.1, 0.15) is 0 Å². The minimum absolute atomic E-state index is 0.659. The lowest BCUT2D eigenvalue weighted by molar-refractivity contribution is 0.400. The van der Waals surface area contributed by atoms with Crippen molar-refractivity contribution in [3.8, 4) is 0 Å². The van der Waals surface area contributed by atoms with E-state index in [1.54, 1.807) is 11.3 Å². The highest BCUT2D eigenvalue weighted by Crippen LogP contribution is 2.25. The molecule has 0 amide bonds. The van der Waals surface area contributed by atoms with E-state index in [1.807, 2.05) is 0 Å². The van der Waals surface area contributed by atoms with Crippen LogP contribution in [0.2, 0.25) is 0 Å². The van der Waals surface area contributed by atoms with Gasteiger partial charge in [-0.1, -0.05) is 0 Å². The Hall–Kier alpha value is -1.11. The van der Waals surface area contributed by atoms with Crippen molar-refractivity contribution in [3.63, 3.8) is 0 Å². The number of thiazole rings is 1. The summed E-state index contributed by atoms with van der Waals surface area (Å²) < 4.78 is 2.18. The van der Waals surface area contributed by atoms with Gasteiger partial charge in [0, 0.05) is 31.1 Å². The number of aromatic nitrogens is 2. The molecule has 0 aliphatic heterocycles. The van der Waals surface area contributed by atoms with Gasteiger partial charge in [-0.05, 0) is 40.5 Å². The van der Waals surface area contributed by atoms with Crippen LogP contribution in [0.5, 0.6) is 0 Å². The molecule has 0 aromatic carbocycles. The van der Waals surface area contributed by atoms with Crippen molar-refractivity contribution in [2.75, 3.05) is 45.2 Å². The molecule has 5 nitrogen and oxygen atoms in total. The Morgan fingerprint density at radius 1 is 1.35 bits per heavy atom. The number of nitrogens with two attached hydrogens (primary N) is 1. The molecule has 0 fully saturated rings. The first-order valence-corrected chi connectivity index (χ1v) is 8.09. The fourth-order valence-electron chi connectivity index (χ4n) is 2.43. The minimum atomic E-state index is 0.659. The van der Waals surface area contributed by atoms with Crippen LogP contribution >= 0.6 is 11.3 Å². The molecule has 20 heavy (non-hydrogen) atoms. The molecule has 0 aliphatic carbocycles. The van der Waals surface area contributed by atoms with Crippen molar-refractivity contribution in [3.05, 3.63) is 17.3 Å². The Morgan fingerprint density at radius 3 is 2.80 bits per heavy atom. The van der Waals surface area contributed by atoms with Gasteiger partial charge in [0.25, 0.3) is 0 Å². The van der Waals surface area contributed by atoms with Crippen LogP contribution in [-0.4, -0.2) is 54.6 Å². The smallest absolute Gasteiger partial charge is 0.195 e. The Kier molecular flexibility index (Phi) is 5.39. The van der Waals surface area contributed by atoms with Gasteiger partial charge in [0.2, 0.25) is 0 Å². The maximum Gasteiger partial charge on any atom is 0.195 e. The lowest BCUT2D eigenvalue weighted by Gasteiger charge is -2.23. The van der Waals surface area contributed by atoms with Crippen molar-refractivity contribution in [2.24, 2.45) is 5.73 Å². The predicted molar refractivity (Wildman–Crippen MR) is 86.9 cm³/mol. The summed E-state index contributed by atoms with van der Waals surface area (Å²) in [5.41, 5.74) is 7.01. The standard InChI is InChI=1S/C14H25N5S/c1-4-18(9-5-8-17(2)3)13-12(6-7-15)19-10-11-20-14(19)16-13/h10-11H,4-9,15H2,1-3H3. The van der Waals surface area contributed by atoms with Crippen LogP contribution in [-0.2, 0) is 6.42 Å². The summed E-state index contributed by atoms with van der Waals surface area (Å²) in [7, 11) is 4.23. The van der Waals surface area contributed by atoms with E-state index in [0.717, 1.165) is 43.3 Å². The van der Waals surface area contributed by atoms with Crippen LogP contribution in [0.15, 0.2) is 11.6 Å². The number of anilines is 1. The van der Waals surface area contributed by atoms with Gasteiger partial charge in [-0.15, -0.1) is 11.3 Å². The monoisotopic (exact) mass is 295 g/mol. The van der Waals surface area contributed by atoms with Crippen molar-refractivity contribution in [1.29, 1.82) is 0 Å². The highest BCUT2D eigenvalue weighted by molar-refractivity contribution is 7.15. The highest BCUT2D eigenvalue weighted by atomic mass is 32.1. The number of hydrogen-bond donors (Lipinski definition) is 1. The number of hydrogen-bond acceptors (Lipinski definition) is 5. The van der Waals surface area contributed by atoms with Gasteiger partial charge < -0.3 is 15.5 Å². The van der Waals surface area contributed by atoms with Gasteiger partial charge in [-0.3, -0.25) is 4.40 Å². The van der Waals surface area contributed by atoms with Crippen LogP contribution in [0, 0.1) is 0 Å². The zero-order valence-corrected chi connectivity index (χ0v) is 13.5. The second-order valence-electron chi connectivity index (χ2n) is 5.21. The molecule has 2 heterocycles. The summed E-state index contributed by atoms with van der Waals surface area (Å²) >= 11 is 1.68. The summed E-state index contributed by atoms with van der Waals surface area (Å²) in [6, 6.07) is 0. The van der Waals surface area contributed by atoms with Crippen LogP contribution in [0.3, 0.4) is 0 Å². The van der Waals surface area contributed by atoms with E-state index in [0.29, 0.717) is 6.54 Å². The van der Waals surface area contributed by atoms with Gasteiger partial charge in [0.05, 0.1) is 5.69 Å². The molecule has 2 rings (SSSR count). The normalized spacial score (nSPS) is 11.7. The third kappa shape index (κ3) is 3.31. The van der Waals surface area contributed by atoms with Crippen LogP contribution in [0.1, 0.15) is 19.0 Å². The molecule has 2 N–H and O–H groups in total. The average Bonchev–Trinajstić information content (AvgIpc) is 2.98. The van der Waals surface area contributed by atoms with E-state index < -0.39 is 0 Å². The van der Waals surface area contributed by atoms with E-state index in [9.17, 15) is 0 Å². The Morgan fingerprint density at radius 2 is 2.15 bits per heavy atom. The lowest BCUT2D eigenvalue weighted by atomic mass is 10.2. The summed E-state index contributed by atoms with van der Waals surface area (Å²) in [5, 5.41) is 2.08. The van der Waals surface area contributed by atoms with Crippen molar-refractivity contribution >= 4 is 22.1 Å². The van der Waals surface area contributed by atoms with Crippen LogP contribution in [0.25, 0.3) is 4.96 Å². The second kappa shape index (κ2) is 7.06. The molecular formula is C14H25N5S. The van der Waals surface area contributed by atoms with Gasteiger partial charge >= 0.3 is 0 Å². The lowest BCUT2D eigenvalue weighted by Crippen LogP contribution is -2.28. The van der Waals surface area contributed by atoms with Crippen LogP contribution in [0.4, 0.5) is 5.82 Å². The first-order chi connectivity index (χ1) is 9.67. The topological polar surface area (TPSA) is 49.8 Å². The maximum absolute atomic E-state index is 5.77. The molecule has 0 radical (unpaired) electrons. The van der Waals surface area contributed by atoms with E-state index in [2.05, 4.69) is 46.8 Å². The van der Waals surface area contributed by atoms with Gasteiger partial charge in [-0.25, -0.2) is 4.98 Å². The summed E-state index contributed by atoms with van der Waals surface area (Å²) in [6.45, 7) is 5.97. The fourth-order valence-corrected chi connectivity index (χ4v) is 3.16. The molecule has 0 bridgehead atoms. The molecule has 0 saturated carbocycles. The molecular weight excluding hydrogens is 270 g/mol. The minimum Gasteiger partial charge on any atom is -0.355 e. The Balaban J connectivity index is 2.19. The van der Waals surface area contributed by atoms with Crippen LogP contribution < -0.4 is 10.6 Å². The third-order valence-electron chi connectivity index (χ3n) is 3.44. The van der Waals surface area contributed by atoms with E-state index >= 15 is 0 Å². The van der Waals surface area contributed by atoms with E-state index in [1.165, 1.54) is 5.69 Å². The first kappa shape index (κ1) is 15.3. The average molecular weight is 295 g/mol. The zero-order valence-electron chi connectivity index (χ0n) is 12.7. The summed E-state index contributed by atoms with van der Waals surface area (Å²) in [4.78, 5) is 10.5. The van der Waals surface area contributed by atoms with E-state index in [-0.39, 0.29) is 0 Å². The quantitative estimate of drug-likeness (QED) is 0.805. The molecule has 0 saturated heterocycles. The van der Waals surface area contributed by atoms with Gasteiger partial charge in [0.15, 0.2) is 10.8 Å². The Labute approximate surface area is 125 Å². The first-order valence-electron chi connectivity index (χ1n) is 7.21. The van der Waals surface area contributed by atoms with Gasteiger partial charge in [-0.2, -0.15) is 0 Å². The molecule has 0 aliphatic rings. The SMILES string of the molecule is CCN(CCCN(C)C)c1nc2sccn2c1CCN. The van der Waals surface area contributed by atoms with Crippen molar-refractivity contribution in [2.45, 2.75) is 19.8 Å². The highest BCUT2D eigenvalue weighted by Gasteiger charge is 2.17. The number of imidazole rings is 1. The van der Waals surface area contributed by atoms with Crippen molar-refractivity contribution in [1.82, 2.24) is 14.3 Å². The summed E-state index contributed by atoms with van der Waals surface area (Å²) in [6.07, 6.45) is 4.11. The maximum atomic E-state index is 5.77. The predicted octanol–water partition coefficient (Wildman–Crippen LogP) is 1.67. The Bertz CT molecular complexity index is 531. The molecule has 6 heteroatoms. The number of nitrogens with zero attached hydrogens (tertiary/aromatic N) is 4. The second-order valence-corrected chi connectivity index (χ2v) is 6.09. The number of rotatable bonds is 8. The fraction of sp³-hybridized carbons (Fsp3) is 0.643. The van der Waals surface area contributed by atoms with Crippen molar-refractivity contribution < 1.29 is 0 Å². The molecule has 0 atom stereocenters. The zero-order chi connectivity index (χ0) is 14.5. The third-order valence-corrected chi connectivity index (χ3v) is 4.19. The molecule has 0 unspecified atom stereocenters. The number of fused-ring (bicyclic) bond motifs is 1. The summed E-state index contributed by atoms with van der Waals surface area (Å²) in [5.74, 6) is 1.11. The molecule has 0 spiro atoms. The van der Waals surface area contributed by atoms with E-state index in [4.69, 9.17) is 10.7 Å².